The number of hydrogen-bond acceptors (Lipinski definition) is 6. The third-order valence-corrected chi connectivity index (χ3v) is 9.36. The Morgan fingerprint density at radius 1 is 1.03 bits per heavy atom. The summed E-state index contributed by atoms with van der Waals surface area (Å²) in [4.78, 5) is 8.61. The van der Waals surface area contributed by atoms with Gasteiger partial charge in [0.15, 0.2) is 5.82 Å². The Kier molecular flexibility index (Phi) is 5.16. The molecule has 0 amide bonds. The predicted octanol–water partition coefficient (Wildman–Crippen LogP) is 4.99. The first kappa shape index (κ1) is 22.8. The van der Waals surface area contributed by atoms with Gasteiger partial charge in [0.2, 0.25) is 0 Å². The monoisotopic (exact) mass is 496 g/mol. The number of benzene rings is 1. The van der Waals surface area contributed by atoms with Crippen molar-refractivity contribution in [3.8, 4) is 5.00 Å². The molecule has 5 heterocycles. The molecule has 9 heteroatoms. The van der Waals surface area contributed by atoms with E-state index in [0.29, 0.717) is 32.5 Å². The van der Waals surface area contributed by atoms with E-state index >= 15 is 0 Å². The highest BCUT2D eigenvalue weighted by molar-refractivity contribution is 7.15. The van der Waals surface area contributed by atoms with E-state index in [1.165, 1.54) is 10.4 Å². The quantitative estimate of drug-likeness (QED) is 0.543. The number of aliphatic imine (C=N–C) groups is 1. The van der Waals surface area contributed by atoms with Crippen LogP contribution in [0.1, 0.15) is 59.0 Å². The van der Waals surface area contributed by atoms with E-state index in [9.17, 15) is 8.78 Å². The van der Waals surface area contributed by atoms with Gasteiger partial charge < -0.3 is 10.2 Å². The molecule has 3 aliphatic rings. The second-order valence-corrected chi connectivity index (χ2v) is 11.4. The maximum absolute atomic E-state index is 14.5. The molecule has 1 aromatic carbocycles. The lowest BCUT2D eigenvalue weighted by molar-refractivity contribution is -0.0940. The molecular formula is C26H30F2N6S. The van der Waals surface area contributed by atoms with Crippen molar-refractivity contribution >= 4 is 22.7 Å². The normalized spacial score (nSPS) is 22.6. The SMILES string of the molecule is Cc1sc2c(c1C)C(c1ccc(N3CCC4(CC3)CNCC4(F)F)cc1)=N[C@@H](C)c1nnc(C)n1-2. The Morgan fingerprint density at radius 2 is 1.74 bits per heavy atom. The summed E-state index contributed by atoms with van der Waals surface area (Å²) in [5.74, 6) is -0.892. The summed E-state index contributed by atoms with van der Waals surface area (Å²) in [6, 6.07) is 8.33. The lowest BCUT2D eigenvalue weighted by Gasteiger charge is -2.42. The van der Waals surface area contributed by atoms with Gasteiger partial charge in [0, 0.05) is 41.3 Å². The van der Waals surface area contributed by atoms with E-state index in [0.717, 1.165) is 39.2 Å². The molecule has 184 valence electrons. The Hall–Kier alpha value is -2.65. The number of hydrogen-bond donors (Lipinski definition) is 1. The van der Waals surface area contributed by atoms with Crippen LogP contribution >= 0.6 is 11.3 Å². The molecule has 2 fully saturated rings. The van der Waals surface area contributed by atoms with Crippen molar-refractivity contribution in [3.05, 3.63) is 57.5 Å². The van der Waals surface area contributed by atoms with Crippen LogP contribution in [-0.2, 0) is 0 Å². The summed E-state index contributed by atoms with van der Waals surface area (Å²) in [6.45, 7) is 9.86. The zero-order chi connectivity index (χ0) is 24.5. The third-order valence-electron chi connectivity index (χ3n) is 8.17. The predicted molar refractivity (Wildman–Crippen MR) is 136 cm³/mol. The summed E-state index contributed by atoms with van der Waals surface area (Å²) in [5.41, 5.74) is 4.58. The van der Waals surface area contributed by atoms with Crippen LogP contribution in [-0.4, -0.2) is 52.6 Å². The number of aromatic nitrogens is 3. The van der Waals surface area contributed by atoms with Gasteiger partial charge in [-0.3, -0.25) is 9.56 Å². The Labute approximate surface area is 208 Å². The van der Waals surface area contributed by atoms with Crippen LogP contribution in [0.15, 0.2) is 29.3 Å². The van der Waals surface area contributed by atoms with Crippen molar-refractivity contribution in [2.24, 2.45) is 10.4 Å². The number of halogens is 2. The lowest BCUT2D eigenvalue weighted by Crippen LogP contribution is -2.49. The van der Waals surface area contributed by atoms with Gasteiger partial charge in [0.25, 0.3) is 5.92 Å². The second-order valence-electron chi connectivity index (χ2n) is 10.2. The van der Waals surface area contributed by atoms with E-state index in [4.69, 9.17) is 4.99 Å². The highest BCUT2D eigenvalue weighted by Crippen LogP contribution is 2.48. The van der Waals surface area contributed by atoms with E-state index in [1.54, 1.807) is 11.3 Å². The number of alkyl halides is 2. The van der Waals surface area contributed by atoms with Crippen LogP contribution in [0.2, 0.25) is 0 Å². The number of fused-ring (bicyclic) bond motifs is 3. The van der Waals surface area contributed by atoms with Crippen molar-refractivity contribution in [2.75, 3.05) is 31.1 Å². The van der Waals surface area contributed by atoms with E-state index < -0.39 is 11.3 Å². The molecule has 0 aliphatic carbocycles. The van der Waals surface area contributed by atoms with Gasteiger partial charge >= 0.3 is 0 Å². The van der Waals surface area contributed by atoms with E-state index in [1.807, 2.05) is 6.92 Å². The summed E-state index contributed by atoms with van der Waals surface area (Å²) >= 11 is 1.75. The average molecular weight is 497 g/mol. The van der Waals surface area contributed by atoms with Gasteiger partial charge in [-0.05, 0) is 58.2 Å². The summed E-state index contributed by atoms with van der Waals surface area (Å²) in [5, 5.41) is 12.8. The van der Waals surface area contributed by atoms with Crippen molar-refractivity contribution in [1.29, 1.82) is 0 Å². The third kappa shape index (κ3) is 3.38. The Morgan fingerprint density at radius 3 is 2.40 bits per heavy atom. The summed E-state index contributed by atoms with van der Waals surface area (Å²) in [7, 11) is 0. The van der Waals surface area contributed by atoms with Crippen LogP contribution in [0.3, 0.4) is 0 Å². The molecule has 0 bridgehead atoms. The van der Waals surface area contributed by atoms with Crippen LogP contribution in [0.5, 0.6) is 0 Å². The zero-order valence-electron chi connectivity index (χ0n) is 20.5. The van der Waals surface area contributed by atoms with E-state index in [2.05, 4.69) is 70.0 Å². The molecule has 35 heavy (non-hydrogen) atoms. The molecule has 2 saturated heterocycles. The van der Waals surface area contributed by atoms with Gasteiger partial charge in [-0.2, -0.15) is 0 Å². The molecule has 0 saturated carbocycles. The number of aryl methyl sites for hydroxylation is 2. The smallest absolute Gasteiger partial charge is 0.267 e. The number of thiophene rings is 1. The van der Waals surface area contributed by atoms with Crippen LogP contribution < -0.4 is 10.2 Å². The van der Waals surface area contributed by atoms with Gasteiger partial charge in [0.1, 0.15) is 16.9 Å². The molecule has 6 rings (SSSR count). The van der Waals surface area contributed by atoms with Crippen LogP contribution in [0.25, 0.3) is 5.00 Å². The molecule has 6 nitrogen and oxygen atoms in total. The fraction of sp³-hybridized carbons (Fsp3) is 0.500. The molecule has 2 aromatic heterocycles. The summed E-state index contributed by atoms with van der Waals surface area (Å²) in [6.07, 6.45) is 1.02. The minimum atomic E-state index is -2.62. The van der Waals surface area contributed by atoms with Crippen LogP contribution in [0, 0.1) is 26.2 Å². The van der Waals surface area contributed by atoms with E-state index in [-0.39, 0.29) is 12.6 Å². The Bertz CT molecular complexity index is 1310. The van der Waals surface area contributed by atoms with Gasteiger partial charge in [-0.1, -0.05) is 12.1 Å². The maximum Gasteiger partial charge on any atom is 0.267 e. The number of nitrogens with zero attached hydrogens (tertiary/aromatic N) is 5. The first-order valence-corrected chi connectivity index (χ1v) is 13.1. The minimum absolute atomic E-state index is 0.120. The standard InChI is InChI=1S/C26H30F2N6S/c1-15-17(3)35-24-21(15)22(30-16(2)23-32-31-18(4)34(23)24)19-5-7-20(8-6-19)33-11-9-25(10-12-33)13-29-14-26(25,27)28/h5-8,16,29H,9-14H2,1-4H3/t16-/m0/s1. The molecule has 1 atom stereocenters. The molecular weight excluding hydrogens is 466 g/mol. The first-order valence-electron chi connectivity index (χ1n) is 12.3. The summed E-state index contributed by atoms with van der Waals surface area (Å²) < 4.78 is 31.1. The van der Waals surface area contributed by atoms with Gasteiger partial charge in [0.05, 0.1) is 17.7 Å². The first-order chi connectivity index (χ1) is 16.7. The molecule has 3 aromatic rings. The fourth-order valence-electron chi connectivity index (χ4n) is 5.82. The average Bonchev–Trinajstić information content (AvgIpc) is 3.43. The minimum Gasteiger partial charge on any atom is -0.371 e. The number of piperidine rings is 1. The number of anilines is 1. The van der Waals surface area contributed by atoms with Crippen molar-refractivity contribution in [2.45, 2.75) is 52.5 Å². The molecule has 1 spiro atoms. The van der Waals surface area contributed by atoms with Crippen molar-refractivity contribution in [1.82, 2.24) is 20.1 Å². The molecule has 1 N–H and O–H groups in total. The Balaban J connectivity index is 1.31. The number of rotatable bonds is 2. The highest BCUT2D eigenvalue weighted by Gasteiger charge is 2.57. The number of nitrogens with one attached hydrogen (secondary N) is 1. The van der Waals surface area contributed by atoms with Crippen molar-refractivity contribution < 1.29 is 8.78 Å². The second kappa shape index (κ2) is 7.93. The molecule has 3 aliphatic heterocycles. The zero-order valence-corrected chi connectivity index (χ0v) is 21.3. The van der Waals surface area contributed by atoms with Crippen LogP contribution in [0.4, 0.5) is 14.5 Å². The topological polar surface area (TPSA) is 58.3 Å². The van der Waals surface area contributed by atoms with Gasteiger partial charge in [-0.15, -0.1) is 21.5 Å². The maximum atomic E-state index is 14.5. The van der Waals surface area contributed by atoms with Crippen molar-refractivity contribution in [3.63, 3.8) is 0 Å². The molecule has 0 radical (unpaired) electrons. The van der Waals surface area contributed by atoms with Gasteiger partial charge in [-0.25, -0.2) is 8.78 Å². The highest BCUT2D eigenvalue weighted by atomic mass is 32.1. The fourth-order valence-corrected chi connectivity index (χ4v) is 7.04. The largest absolute Gasteiger partial charge is 0.371 e. The molecule has 0 unspecified atom stereocenters. The lowest BCUT2D eigenvalue weighted by atomic mass is 9.75.